The van der Waals surface area contributed by atoms with Gasteiger partial charge in [-0.15, -0.1) is 0 Å². The number of carbonyl (C=O) groups is 1. The largest absolute Gasteiger partial charge is 0.444 e. The highest BCUT2D eigenvalue weighted by atomic mass is 19.1. The molecule has 0 bridgehead atoms. The Morgan fingerprint density at radius 1 is 1.02 bits per heavy atom. The van der Waals surface area contributed by atoms with Crippen molar-refractivity contribution in [1.29, 1.82) is 0 Å². The quantitative estimate of drug-likeness (QED) is 0.230. The lowest BCUT2D eigenvalue weighted by Gasteiger charge is -2.19. The van der Waals surface area contributed by atoms with E-state index in [1.165, 1.54) is 5.56 Å². The highest BCUT2D eigenvalue weighted by Gasteiger charge is 2.26. The fourth-order valence-corrected chi connectivity index (χ4v) is 5.19. The molecule has 1 N–H and O–H groups in total. The molecule has 0 saturated carbocycles. The molecule has 46 heavy (non-hydrogen) atoms. The van der Waals surface area contributed by atoms with E-state index in [2.05, 4.69) is 46.8 Å². The second-order valence-corrected chi connectivity index (χ2v) is 11.1. The molecule has 0 aromatic heterocycles. The van der Waals surface area contributed by atoms with Gasteiger partial charge in [0.15, 0.2) is 5.84 Å². The fraction of sp³-hybridized carbons (Fsp3) is 0.308. The van der Waals surface area contributed by atoms with Crippen LogP contribution in [0.4, 0.5) is 14.9 Å². The van der Waals surface area contributed by atoms with Gasteiger partial charge in [-0.1, -0.05) is 92.7 Å². The lowest BCUT2D eigenvalue weighted by Crippen LogP contribution is -2.20. The Bertz CT molecular complexity index is 1590. The second-order valence-electron chi connectivity index (χ2n) is 11.1. The summed E-state index contributed by atoms with van der Waals surface area (Å²) in [6.45, 7) is 11.2. The zero-order valence-corrected chi connectivity index (χ0v) is 27.5. The number of hydrogen-bond acceptors (Lipinski definition) is 5. The number of benzene rings is 3. The first-order chi connectivity index (χ1) is 22.4. The zero-order chi connectivity index (χ0) is 32.9. The molecule has 0 saturated heterocycles. The number of ether oxygens (including phenoxy) is 1. The van der Waals surface area contributed by atoms with Crippen molar-refractivity contribution in [3.63, 3.8) is 0 Å². The number of allylic oxidation sites excluding steroid dienone is 3. The predicted octanol–water partition coefficient (Wildman–Crippen LogP) is 9.71. The summed E-state index contributed by atoms with van der Waals surface area (Å²) in [7, 11) is 0. The van der Waals surface area contributed by atoms with Crippen LogP contribution in [0.15, 0.2) is 124 Å². The molecular formula is C39H45FN4O2. The summed E-state index contributed by atoms with van der Waals surface area (Å²) in [4.78, 5) is 24.2. The number of nitrogens with one attached hydrogen (secondary N) is 1. The van der Waals surface area contributed by atoms with Gasteiger partial charge in [0.2, 0.25) is 0 Å². The normalized spacial score (nSPS) is 16.7. The van der Waals surface area contributed by atoms with Crippen molar-refractivity contribution in [1.82, 2.24) is 4.90 Å². The molecule has 0 aliphatic carbocycles. The molecule has 0 radical (unpaired) electrons. The summed E-state index contributed by atoms with van der Waals surface area (Å²) in [6.07, 6.45) is 8.13. The molecule has 5 rings (SSSR count). The molecule has 2 heterocycles. The van der Waals surface area contributed by atoms with Crippen LogP contribution in [-0.4, -0.2) is 41.3 Å². The third-order valence-electron chi connectivity index (χ3n) is 7.92. The van der Waals surface area contributed by atoms with Crippen LogP contribution in [0.25, 0.3) is 11.1 Å². The maximum atomic E-state index is 14.1. The standard InChI is InChI=1S/C37H39FN4O2.C2H6/c1-4-5-11-33(26(2)27(3)38)36-40-34-20-22-42(23-21-35(34)41-36)24-28-12-14-30(15-13-28)31-16-18-32(19-17-31)39-37(43)44-25-29-9-7-6-8-10-29;1-2/h4-10,12-20,22,27,35H,11,21,23-25H2,1-3H3,(H,39,43);1-2H3/b5-4-,33-26+;. The lowest BCUT2D eigenvalue weighted by atomic mass is 10.0. The van der Waals surface area contributed by atoms with Gasteiger partial charge in [-0.3, -0.25) is 10.3 Å². The van der Waals surface area contributed by atoms with E-state index in [4.69, 9.17) is 14.7 Å². The van der Waals surface area contributed by atoms with E-state index in [0.717, 1.165) is 47.5 Å². The van der Waals surface area contributed by atoms with E-state index < -0.39 is 12.3 Å². The Hall–Kier alpha value is -4.78. The summed E-state index contributed by atoms with van der Waals surface area (Å²) in [5.41, 5.74) is 7.52. The number of amidine groups is 1. The number of halogens is 1. The number of alkyl halides is 1. The third kappa shape index (κ3) is 9.36. The molecule has 1 amide bonds. The van der Waals surface area contributed by atoms with Crippen LogP contribution in [0.2, 0.25) is 0 Å². The fourth-order valence-electron chi connectivity index (χ4n) is 5.19. The van der Waals surface area contributed by atoms with Gasteiger partial charge in [-0.05, 0) is 79.6 Å². The van der Waals surface area contributed by atoms with Crippen LogP contribution in [0.3, 0.4) is 0 Å². The minimum Gasteiger partial charge on any atom is -0.444 e. The molecule has 0 fully saturated rings. The second kappa shape index (κ2) is 17.1. The Morgan fingerprint density at radius 2 is 1.70 bits per heavy atom. The van der Waals surface area contributed by atoms with Crippen molar-refractivity contribution in [2.24, 2.45) is 9.98 Å². The number of hydrogen-bond donors (Lipinski definition) is 1. The van der Waals surface area contributed by atoms with Crippen molar-refractivity contribution in [2.75, 3.05) is 11.9 Å². The highest BCUT2D eigenvalue weighted by molar-refractivity contribution is 6.16. The molecule has 6 nitrogen and oxygen atoms in total. The first-order valence-electron chi connectivity index (χ1n) is 16.1. The van der Waals surface area contributed by atoms with Gasteiger partial charge in [0.1, 0.15) is 12.8 Å². The average Bonchev–Trinajstić information content (AvgIpc) is 3.40. The molecule has 7 heteroatoms. The lowest BCUT2D eigenvalue weighted by molar-refractivity contribution is 0.155. The minimum atomic E-state index is -1.03. The molecule has 3 aromatic rings. The van der Waals surface area contributed by atoms with Gasteiger partial charge in [-0.2, -0.15) is 0 Å². The average molecular weight is 621 g/mol. The van der Waals surface area contributed by atoms with Crippen LogP contribution < -0.4 is 5.32 Å². The van der Waals surface area contributed by atoms with E-state index in [-0.39, 0.29) is 12.6 Å². The molecule has 0 spiro atoms. The van der Waals surface area contributed by atoms with Gasteiger partial charge in [0.05, 0.1) is 11.8 Å². The van der Waals surface area contributed by atoms with Gasteiger partial charge in [0.25, 0.3) is 0 Å². The van der Waals surface area contributed by atoms with Crippen LogP contribution in [0.1, 0.15) is 58.6 Å². The first-order valence-corrected chi connectivity index (χ1v) is 16.1. The number of carbonyl (C=O) groups excluding carboxylic acids is 1. The van der Waals surface area contributed by atoms with Gasteiger partial charge >= 0.3 is 6.09 Å². The van der Waals surface area contributed by atoms with Gasteiger partial charge in [0, 0.05) is 30.5 Å². The molecular weight excluding hydrogens is 575 g/mol. The van der Waals surface area contributed by atoms with Crippen molar-refractivity contribution in [3.8, 4) is 11.1 Å². The van der Waals surface area contributed by atoms with Crippen molar-refractivity contribution in [3.05, 3.63) is 126 Å². The van der Waals surface area contributed by atoms with Gasteiger partial charge in [-0.25, -0.2) is 14.2 Å². The summed E-state index contributed by atoms with van der Waals surface area (Å²) in [6, 6.07) is 25.9. The number of rotatable bonds is 10. The smallest absolute Gasteiger partial charge is 0.411 e. The van der Waals surface area contributed by atoms with Crippen molar-refractivity contribution in [2.45, 2.75) is 72.8 Å². The zero-order valence-electron chi connectivity index (χ0n) is 27.5. The predicted molar refractivity (Wildman–Crippen MR) is 189 cm³/mol. The number of fused-ring (bicyclic) bond motifs is 1. The monoisotopic (exact) mass is 620 g/mol. The topological polar surface area (TPSA) is 66.3 Å². The van der Waals surface area contributed by atoms with E-state index in [1.807, 2.05) is 94.4 Å². The van der Waals surface area contributed by atoms with Crippen molar-refractivity contribution < 1.29 is 13.9 Å². The molecule has 240 valence electrons. The number of anilines is 1. The Morgan fingerprint density at radius 3 is 2.35 bits per heavy atom. The van der Waals surface area contributed by atoms with E-state index in [9.17, 15) is 9.18 Å². The van der Waals surface area contributed by atoms with Crippen LogP contribution in [0.5, 0.6) is 0 Å². The third-order valence-corrected chi connectivity index (χ3v) is 7.92. The molecule has 2 aliphatic rings. The maximum absolute atomic E-state index is 14.1. The molecule has 2 unspecified atom stereocenters. The minimum absolute atomic E-state index is 0.000120. The Kier molecular flexibility index (Phi) is 12.6. The van der Waals surface area contributed by atoms with Gasteiger partial charge < -0.3 is 9.64 Å². The summed E-state index contributed by atoms with van der Waals surface area (Å²) < 4.78 is 19.5. The molecule has 3 aromatic carbocycles. The summed E-state index contributed by atoms with van der Waals surface area (Å²) in [5, 5.41) is 2.78. The van der Waals surface area contributed by atoms with Crippen LogP contribution in [0, 0.1) is 0 Å². The SMILES string of the molecule is C/C=C\C/C(C1=NC2CCN(Cc3ccc(-c4ccc(NC(=O)OCc5ccccc5)cc4)cc3)C=CC2=N1)=C(/C)C(C)F.CC. The van der Waals surface area contributed by atoms with E-state index >= 15 is 0 Å². The van der Waals surface area contributed by atoms with Crippen LogP contribution in [-0.2, 0) is 17.9 Å². The number of nitrogens with zero attached hydrogens (tertiary/aromatic N) is 3. The van der Waals surface area contributed by atoms with E-state index in [0.29, 0.717) is 23.5 Å². The number of aliphatic imine (C=N–C) groups is 2. The Balaban J connectivity index is 0.00000235. The van der Waals surface area contributed by atoms with E-state index in [1.54, 1.807) is 6.92 Å². The first kappa shape index (κ1) is 34.1. The Labute approximate surface area is 273 Å². The summed E-state index contributed by atoms with van der Waals surface area (Å²) >= 11 is 0. The van der Waals surface area contributed by atoms with Crippen molar-refractivity contribution >= 4 is 23.3 Å². The summed E-state index contributed by atoms with van der Waals surface area (Å²) in [5.74, 6) is 0.672. The van der Waals surface area contributed by atoms with Crippen LogP contribution >= 0.6 is 0 Å². The number of amides is 1. The molecule has 2 atom stereocenters. The highest BCUT2D eigenvalue weighted by Crippen LogP contribution is 2.26. The maximum Gasteiger partial charge on any atom is 0.411 e. The molecule has 2 aliphatic heterocycles.